The number of hydrogen-bond acceptors (Lipinski definition) is 7. The normalized spacial score (nSPS) is 11.4. The molecule has 0 fully saturated rings. The number of hydrogen-bond donors (Lipinski definition) is 1. The molecule has 0 saturated heterocycles. The smallest absolute Gasteiger partial charge is 0.416 e. The molecule has 3 rings (SSSR count). The summed E-state index contributed by atoms with van der Waals surface area (Å²) >= 11 is 1.00. The second kappa shape index (κ2) is 9.12. The number of aromatic nitrogens is 4. The fourth-order valence-electron chi connectivity index (χ4n) is 2.63. The number of carbonyl (C=O) groups excluding carboxylic acids is 2. The van der Waals surface area contributed by atoms with Crippen LogP contribution in [0, 0.1) is 6.92 Å². The lowest BCUT2D eigenvalue weighted by Crippen LogP contribution is -2.23. The van der Waals surface area contributed by atoms with Crippen molar-refractivity contribution in [3.05, 3.63) is 57.2 Å². The Labute approximate surface area is 177 Å². The molecular weight excluding hydrogens is 439 g/mol. The van der Waals surface area contributed by atoms with Crippen molar-refractivity contribution in [2.45, 2.75) is 26.1 Å². The molecule has 1 amide bonds. The first-order valence-electron chi connectivity index (χ1n) is 8.82. The summed E-state index contributed by atoms with van der Waals surface area (Å²) in [5.41, 5.74) is -0.301. The second-order valence-corrected chi connectivity index (χ2v) is 7.14. The highest BCUT2D eigenvalue weighted by Crippen LogP contribution is 2.33. The number of aryl methyl sites for hydroxylation is 1. The zero-order chi connectivity index (χ0) is 22.6. The van der Waals surface area contributed by atoms with E-state index < -0.39 is 30.2 Å². The number of nitrogens with zero attached hydrogens (tertiary/aromatic N) is 4. The van der Waals surface area contributed by atoms with Crippen LogP contribution in [0.25, 0.3) is 5.69 Å². The predicted molar refractivity (Wildman–Crippen MR) is 104 cm³/mol. The van der Waals surface area contributed by atoms with Crippen molar-refractivity contribution < 1.29 is 27.5 Å². The SMILES string of the molecule is Cc1csc(=O)n1CCC(=O)OCC(=O)Nc1cc(C(F)(F)F)ccc1-n1cncn1. The van der Waals surface area contributed by atoms with Crippen LogP contribution in [0.2, 0.25) is 0 Å². The summed E-state index contributed by atoms with van der Waals surface area (Å²) in [6.07, 6.45) is -2.32. The first kappa shape index (κ1) is 22.2. The van der Waals surface area contributed by atoms with Crippen LogP contribution < -0.4 is 10.2 Å². The Kier molecular flexibility index (Phi) is 6.53. The molecular formula is C18H16F3N5O4S. The summed E-state index contributed by atoms with van der Waals surface area (Å²) in [6, 6.07) is 2.74. The predicted octanol–water partition coefficient (Wildman–Crippen LogP) is 2.39. The third kappa shape index (κ3) is 5.57. The zero-order valence-electron chi connectivity index (χ0n) is 16.0. The van der Waals surface area contributed by atoms with E-state index in [0.717, 1.165) is 29.5 Å². The second-order valence-electron chi connectivity index (χ2n) is 6.32. The monoisotopic (exact) mass is 455 g/mol. The van der Waals surface area contributed by atoms with E-state index in [1.54, 1.807) is 12.3 Å². The molecule has 0 aliphatic rings. The van der Waals surface area contributed by atoms with Gasteiger partial charge in [-0.2, -0.15) is 18.3 Å². The van der Waals surface area contributed by atoms with Gasteiger partial charge in [-0.05, 0) is 25.1 Å². The van der Waals surface area contributed by atoms with Crippen LogP contribution in [-0.4, -0.2) is 37.8 Å². The Hall–Kier alpha value is -3.48. The number of anilines is 1. The van der Waals surface area contributed by atoms with Crippen molar-refractivity contribution in [2.75, 3.05) is 11.9 Å². The van der Waals surface area contributed by atoms with Gasteiger partial charge in [-0.3, -0.25) is 14.4 Å². The topological polar surface area (TPSA) is 108 Å². The molecule has 0 aliphatic heterocycles. The van der Waals surface area contributed by atoms with Crippen LogP contribution in [-0.2, 0) is 27.0 Å². The van der Waals surface area contributed by atoms with Gasteiger partial charge in [-0.25, -0.2) is 9.67 Å². The largest absolute Gasteiger partial charge is 0.456 e. The molecule has 0 spiro atoms. The van der Waals surface area contributed by atoms with Crippen LogP contribution in [0.3, 0.4) is 0 Å². The maximum atomic E-state index is 13.1. The van der Waals surface area contributed by atoms with E-state index >= 15 is 0 Å². The summed E-state index contributed by atoms with van der Waals surface area (Å²) in [7, 11) is 0. The first-order valence-corrected chi connectivity index (χ1v) is 9.70. The highest BCUT2D eigenvalue weighted by atomic mass is 32.1. The van der Waals surface area contributed by atoms with Gasteiger partial charge in [-0.15, -0.1) is 0 Å². The van der Waals surface area contributed by atoms with Crippen molar-refractivity contribution in [1.29, 1.82) is 0 Å². The first-order chi connectivity index (χ1) is 14.6. The third-order valence-electron chi connectivity index (χ3n) is 4.14. The maximum Gasteiger partial charge on any atom is 0.416 e. The van der Waals surface area contributed by atoms with Crippen molar-refractivity contribution in [3.8, 4) is 5.69 Å². The lowest BCUT2D eigenvalue weighted by atomic mass is 10.1. The average Bonchev–Trinajstić information content (AvgIpc) is 3.34. The molecule has 0 saturated carbocycles. The van der Waals surface area contributed by atoms with E-state index in [2.05, 4.69) is 15.4 Å². The number of nitrogens with one attached hydrogen (secondary N) is 1. The summed E-state index contributed by atoms with van der Waals surface area (Å²) in [5.74, 6) is -1.56. The highest BCUT2D eigenvalue weighted by Gasteiger charge is 2.31. The Balaban J connectivity index is 1.64. The molecule has 3 aromatic rings. The summed E-state index contributed by atoms with van der Waals surface area (Å²) < 4.78 is 46.6. The minimum absolute atomic E-state index is 0.0959. The van der Waals surface area contributed by atoms with E-state index in [-0.39, 0.29) is 29.2 Å². The fourth-order valence-corrected chi connectivity index (χ4v) is 3.39. The minimum Gasteiger partial charge on any atom is -0.456 e. The summed E-state index contributed by atoms with van der Waals surface area (Å²) in [5, 5.41) is 7.80. The number of ether oxygens (including phenoxy) is 1. The molecule has 9 nitrogen and oxygen atoms in total. The summed E-state index contributed by atoms with van der Waals surface area (Å²) in [4.78, 5) is 39.2. The molecule has 164 valence electrons. The lowest BCUT2D eigenvalue weighted by molar-refractivity contribution is -0.147. The molecule has 13 heteroatoms. The summed E-state index contributed by atoms with van der Waals surface area (Å²) in [6.45, 7) is 1.11. The van der Waals surface area contributed by atoms with Gasteiger partial charge in [0.25, 0.3) is 5.91 Å². The third-order valence-corrected chi connectivity index (χ3v) is 5.02. The van der Waals surface area contributed by atoms with Gasteiger partial charge in [0.15, 0.2) is 6.61 Å². The van der Waals surface area contributed by atoms with E-state index in [1.165, 1.54) is 21.9 Å². The Morgan fingerprint density at radius 3 is 2.68 bits per heavy atom. The van der Waals surface area contributed by atoms with Crippen molar-refractivity contribution in [3.63, 3.8) is 0 Å². The molecule has 0 bridgehead atoms. The van der Waals surface area contributed by atoms with Crippen molar-refractivity contribution in [2.24, 2.45) is 0 Å². The van der Waals surface area contributed by atoms with Gasteiger partial charge >= 0.3 is 17.0 Å². The Morgan fingerprint density at radius 2 is 2.06 bits per heavy atom. The van der Waals surface area contributed by atoms with Crippen molar-refractivity contribution in [1.82, 2.24) is 19.3 Å². The van der Waals surface area contributed by atoms with Gasteiger partial charge in [-0.1, -0.05) is 11.3 Å². The standard InChI is InChI=1S/C18H16F3N5O4S/c1-11-8-31-17(29)25(11)5-4-16(28)30-7-15(27)24-13-6-12(18(19,20)21)2-3-14(13)26-10-22-9-23-26/h2-3,6,8-10H,4-5,7H2,1H3,(H,24,27). The number of thiazole rings is 1. The van der Waals surface area contributed by atoms with Crippen molar-refractivity contribution >= 4 is 28.9 Å². The molecule has 2 aromatic heterocycles. The number of halogens is 3. The maximum absolute atomic E-state index is 13.1. The fraction of sp³-hybridized carbons (Fsp3) is 0.278. The van der Waals surface area contributed by atoms with Crippen LogP contribution >= 0.6 is 11.3 Å². The minimum atomic E-state index is -4.62. The van der Waals surface area contributed by atoms with Gasteiger partial charge < -0.3 is 14.6 Å². The van der Waals surface area contributed by atoms with E-state index in [9.17, 15) is 27.6 Å². The van der Waals surface area contributed by atoms with Gasteiger partial charge in [0.1, 0.15) is 12.7 Å². The number of alkyl halides is 3. The molecule has 0 radical (unpaired) electrons. The van der Waals surface area contributed by atoms with E-state index in [0.29, 0.717) is 5.69 Å². The number of carbonyl (C=O) groups is 2. The van der Waals surface area contributed by atoms with Crippen LogP contribution in [0.1, 0.15) is 17.7 Å². The van der Waals surface area contributed by atoms with E-state index in [1.807, 2.05) is 0 Å². The van der Waals surface area contributed by atoms with Crippen LogP contribution in [0.4, 0.5) is 18.9 Å². The average molecular weight is 455 g/mol. The van der Waals surface area contributed by atoms with Gasteiger partial charge in [0.2, 0.25) is 0 Å². The lowest BCUT2D eigenvalue weighted by Gasteiger charge is -2.14. The number of esters is 1. The Bertz CT molecular complexity index is 1140. The molecule has 0 aliphatic carbocycles. The molecule has 31 heavy (non-hydrogen) atoms. The quantitative estimate of drug-likeness (QED) is 0.548. The molecule has 2 heterocycles. The van der Waals surface area contributed by atoms with Crippen LogP contribution in [0.5, 0.6) is 0 Å². The number of amides is 1. The molecule has 0 atom stereocenters. The molecule has 1 N–H and O–H groups in total. The molecule has 0 unspecified atom stereocenters. The van der Waals surface area contributed by atoms with Gasteiger partial charge in [0, 0.05) is 17.6 Å². The molecule has 1 aromatic carbocycles. The van der Waals surface area contributed by atoms with Crippen LogP contribution in [0.15, 0.2) is 41.0 Å². The number of rotatable bonds is 7. The highest BCUT2D eigenvalue weighted by molar-refractivity contribution is 7.07. The van der Waals surface area contributed by atoms with Gasteiger partial charge in [0.05, 0.1) is 23.4 Å². The Morgan fingerprint density at radius 1 is 1.29 bits per heavy atom. The van der Waals surface area contributed by atoms with E-state index in [4.69, 9.17) is 4.74 Å². The number of benzene rings is 1. The zero-order valence-corrected chi connectivity index (χ0v) is 16.9.